The second kappa shape index (κ2) is 5.51. The van der Waals surface area contributed by atoms with Gasteiger partial charge in [-0.25, -0.2) is 0 Å². The number of rotatable bonds is 5. The van der Waals surface area contributed by atoms with Gasteiger partial charge < -0.3 is 10.4 Å². The van der Waals surface area contributed by atoms with Crippen LogP contribution in [0.5, 0.6) is 0 Å². The molecule has 0 saturated heterocycles. The zero-order valence-corrected chi connectivity index (χ0v) is 12.2. The molecule has 1 aromatic rings. The molecular weight excluding hydrogens is 266 g/mol. The molecule has 0 heterocycles. The molecule has 2 fully saturated rings. The summed E-state index contributed by atoms with van der Waals surface area (Å²) in [5, 5.41) is 12.2. The number of amides is 1. The topological polar surface area (TPSA) is 66.4 Å². The van der Waals surface area contributed by atoms with E-state index >= 15 is 0 Å². The van der Waals surface area contributed by atoms with Gasteiger partial charge in [0.25, 0.3) is 0 Å². The third-order valence-corrected chi connectivity index (χ3v) is 4.76. The van der Waals surface area contributed by atoms with Gasteiger partial charge in [-0.1, -0.05) is 29.8 Å². The normalized spacial score (nSPS) is 25.8. The van der Waals surface area contributed by atoms with Gasteiger partial charge in [-0.15, -0.1) is 0 Å². The molecule has 2 N–H and O–H groups in total. The largest absolute Gasteiger partial charge is 0.481 e. The van der Waals surface area contributed by atoms with Crippen molar-refractivity contribution < 1.29 is 14.7 Å². The summed E-state index contributed by atoms with van der Waals surface area (Å²) < 4.78 is 0. The van der Waals surface area contributed by atoms with Crippen LogP contribution in [0.15, 0.2) is 24.3 Å². The molecule has 4 heteroatoms. The van der Waals surface area contributed by atoms with E-state index in [9.17, 15) is 9.59 Å². The van der Waals surface area contributed by atoms with Crippen molar-refractivity contribution in [1.29, 1.82) is 0 Å². The van der Waals surface area contributed by atoms with Crippen LogP contribution in [-0.4, -0.2) is 17.0 Å². The van der Waals surface area contributed by atoms with Crippen LogP contribution in [0.25, 0.3) is 0 Å². The van der Waals surface area contributed by atoms with Crippen LogP contribution in [0.4, 0.5) is 0 Å². The molecule has 0 radical (unpaired) electrons. The molecule has 1 amide bonds. The summed E-state index contributed by atoms with van der Waals surface area (Å²) in [6, 6.07) is 8.27. The van der Waals surface area contributed by atoms with Crippen molar-refractivity contribution in [2.75, 3.05) is 0 Å². The summed E-state index contributed by atoms with van der Waals surface area (Å²) in [5.41, 5.74) is 2.33. The van der Waals surface area contributed by atoms with E-state index in [1.807, 2.05) is 6.92 Å². The number of aliphatic carboxylic acids is 1. The quantitative estimate of drug-likeness (QED) is 0.875. The molecule has 0 aliphatic heterocycles. The summed E-state index contributed by atoms with van der Waals surface area (Å²) >= 11 is 0. The van der Waals surface area contributed by atoms with E-state index < -0.39 is 11.9 Å². The molecule has 2 aliphatic carbocycles. The Bertz CT molecular complexity index is 548. The fourth-order valence-electron chi connectivity index (χ4n) is 3.05. The number of aryl methyl sites for hydroxylation is 1. The van der Waals surface area contributed by atoms with Gasteiger partial charge in [0, 0.05) is 0 Å². The van der Waals surface area contributed by atoms with Gasteiger partial charge in [-0.05, 0) is 44.1 Å². The Balaban J connectivity index is 1.69. The number of carboxylic acids is 1. The van der Waals surface area contributed by atoms with Gasteiger partial charge in [0.15, 0.2) is 0 Å². The number of nitrogens with one attached hydrogen (secondary N) is 1. The fourth-order valence-corrected chi connectivity index (χ4v) is 3.05. The van der Waals surface area contributed by atoms with Crippen LogP contribution in [-0.2, 0) is 9.59 Å². The number of benzene rings is 1. The summed E-state index contributed by atoms with van der Waals surface area (Å²) in [6.45, 7) is 2.04. The van der Waals surface area contributed by atoms with Crippen LogP contribution < -0.4 is 5.32 Å². The minimum atomic E-state index is -0.847. The van der Waals surface area contributed by atoms with Gasteiger partial charge in [-0.2, -0.15) is 0 Å². The Labute approximate surface area is 124 Å². The molecule has 3 atom stereocenters. The van der Waals surface area contributed by atoms with E-state index in [2.05, 4.69) is 29.6 Å². The van der Waals surface area contributed by atoms with Crippen LogP contribution in [0.2, 0.25) is 0 Å². The molecule has 4 nitrogen and oxygen atoms in total. The lowest BCUT2D eigenvalue weighted by atomic mass is 9.73. The second-order valence-corrected chi connectivity index (χ2v) is 6.36. The average molecular weight is 287 g/mol. The van der Waals surface area contributed by atoms with Crippen LogP contribution in [0, 0.1) is 24.7 Å². The van der Waals surface area contributed by atoms with E-state index in [0.717, 1.165) is 18.4 Å². The van der Waals surface area contributed by atoms with Crippen molar-refractivity contribution in [2.45, 2.75) is 38.6 Å². The van der Waals surface area contributed by atoms with E-state index in [1.165, 1.54) is 5.56 Å². The Morgan fingerprint density at radius 3 is 2.19 bits per heavy atom. The number of hydrogen-bond acceptors (Lipinski definition) is 2. The lowest BCUT2D eigenvalue weighted by molar-refractivity contribution is -0.153. The molecule has 2 saturated carbocycles. The summed E-state index contributed by atoms with van der Waals surface area (Å²) in [4.78, 5) is 23.4. The Hall–Kier alpha value is -1.84. The molecule has 112 valence electrons. The van der Waals surface area contributed by atoms with Crippen LogP contribution >= 0.6 is 0 Å². The predicted octanol–water partition coefficient (Wildman–Crippen LogP) is 2.67. The van der Waals surface area contributed by atoms with Gasteiger partial charge in [0.05, 0.1) is 17.9 Å². The molecule has 0 bridgehead atoms. The Morgan fingerprint density at radius 2 is 1.71 bits per heavy atom. The Kier molecular flexibility index (Phi) is 3.70. The standard InChI is InChI=1S/C17H21NO3/c1-10-2-4-11(5-3-10)15(12-6-7-12)18-16(19)13-8-9-14(13)17(20)21/h2-5,12-15H,6-9H2,1H3,(H,18,19)(H,20,21). The van der Waals surface area contributed by atoms with Gasteiger partial charge in [-0.3, -0.25) is 9.59 Å². The number of hydrogen-bond donors (Lipinski definition) is 2. The summed E-state index contributed by atoms with van der Waals surface area (Å²) in [6.07, 6.45) is 3.57. The highest BCUT2D eigenvalue weighted by Crippen LogP contribution is 2.42. The molecule has 1 aromatic carbocycles. The van der Waals surface area contributed by atoms with Crippen LogP contribution in [0.1, 0.15) is 42.9 Å². The maximum absolute atomic E-state index is 12.3. The highest BCUT2D eigenvalue weighted by Gasteiger charge is 2.43. The first-order valence-electron chi connectivity index (χ1n) is 7.66. The van der Waals surface area contributed by atoms with E-state index in [4.69, 9.17) is 5.11 Å². The molecule has 21 heavy (non-hydrogen) atoms. The van der Waals surface area contributed by atoms with Crippen molar-refractivity contribution in [1.82, 2.24) is 5.32 Å². The van der Waals surface area contributed by atoms with Gasteiger partial charge in [0.1, 0.15) is 0 Å². The maximum atomic E-state index is 12.3. The second-order valence-electron chi connectivity index (χ2n) is 6.36. The van der Waals surface area contributed by atoms with Crippen molar-refractivity contribution >= 4 is 11.9 Å². The van der Waals surface area contributed by atoms with E-state index in [0.29, 0.717) is 18.8 Å². The highest BCUT2D eigenvalue weighted by molar-refractivity contribution is 5.86. The number of carbonyl (C=O) groups excluding carboxylic acids is 1. The third kappa shape index (κ3) is 2.94. The Morgan fingerprint density at radius 1 is 1.10 bits per heavy atom. The van der Waals surface area contributed by atoms with E-state index in [1.54, 1.807) is 0 Å². The average Bonchev–Trinajstić information content (AvgIpc) is 3.19. The number of carboxylic acid groups (broad SMARTS) is 1. The van der Waals surface area contributed by atoms with Gasteiger partial charge >= 0.3 is 5.97 Å². The third-order valence-electron chi connectivity index (χ3n) is 4.76. The molecule has 3 unspecified atom stereocenters. The first kappa shape index (κ1) is 14.1. The lowest BCUT2D eigenvalue weighted by Crippen LogP contribution is -2.45. The van der Waals surface area contributed by atoms with Crippen molar-refractivity contribution in [3.63, 3.8) is 0 Å². The fraction of sp³-hybridized carbons (Fsp3) is 0.529. The zero-order chi connectivity index (χ0) is 15.0. The van der Waals surface area contributed by atoms with Crippen molar-refractivity contribution in [2.24, 2.45) is 17.8 Å². The van der Waals surface area contributed by atoms with E-state index in [-0.39, 0.29) is 17.9 Å². The lowest BCUT2D eigenvalue weighted by Gasteiger charge is -2.33. The van der Waals surface area contributed by atoms with Gasteiger partial charge in [0.2, 0.25) is 5.91 Å². The highest BCUT2D eigenvalue weighted by atomic mass is 16.4. The molecule has 2 aliphatic rings. The molecule has 0 spiro atoms. The maximum Gasteiger partial charge on any atom is 0.307 e. The summed E-state index contributed by atoms with van der Waals surface area (Å²) in [5.74, 6) is -1.29. The molecule has 3 rings (SSSR count). The molecular formula is C17H21NO3. The zero-order valence-electron chi connectivity index (χ0n) is 12.2. The minimum Gasteiger partial charge on any atom is -0.481 e. The van der Waals surface area contributed by atoms with Crippen molar-refractivity contribution in [3.8, 4) is 0 Å². The van der Waals surface area contributed by atoms with Crippen LogP contribution in [0.3, 0.4) is 0 Å². The monoisotopic (exact) mass is 287 g/mol. The minimum absolute atomic E-state index is 0.0353. The van der Waals surface area contributed by atoms with Crippen molar-refractivity contribution in [3.05, 3.63) is 35.4 Å². The predicted molar refractivity (Wildman–Crippen MR) is 78.6 cm³/mol. The molecule has 0 aromatic heterocycles. The first-order chi connectivity index (χ1) is 10.1. The summed E-state index contributed by atoms with van der Waals surface area (Å²) in [7, 11) is 0. The number of carbonyl (C=O) groups is 2. The smallest absolute Gasteiger partial charge is 0.307 e. The first-order valence-corrected chi connectivity index (χ1v) is 7.66. The SMILES string of the molecule is Cc1ccc(C(NC(=O)C2CCC2C(=O)O)C2CC2)cc1.